The van der Waals surface area contributed by atoms with Gasteiger partial charge in [0.2, 0.25) is 0 Å². The summed E-state index contributed by atoms with van der Waals surface area (Å²) in [6.45, 7) is 0. The van der Waals surface area contributed by atoms with E-state index in [4.69, 9.17) is 11.6 Å². The first-order chi connectivity index (χ1) is 9.70. The highest BCUT2D eigenvalue weighted by Gasteiger charge is 2.26. The Hall–Kier alpha value is -1.31. The Bertz CT molecular complexity index is 681. The van der Waals surface area contributed by atoms with Crippen molar-refractivity contribution in [3.63, 3.8) is 0 Å². The van der Waals surface area contributed by atoms with Crippen molar-refractivity contribution >= 4 is 27.5 Å². The molecule has 0 spiro atoms. The summed E-state index contributed by atoms with van der Waals surface area (Å²) in [4.78, 5) is 0. The topological polar surface area (TPSA) is 41.6 Å². The zero-order valence-electron chi connectivity index (χ0n) is 10.8. The second-order valence-corrected chi connectivity index (χ2v) is 6.31. The molecule has 0 aliphatic heterocycles. The summed E-state index contributed by atoms with van der Waals surface area (Å²) in [6, 6.07) is 9.97. The van der Waals surface area contributed by atoms with Gasteiger partial charge in [0.1, 0.15) is 11.6 Å². The largest absolute Gasteiger partial charge is 0.220 e. The highest BCUT2D eigenvalue weighted by molar-refractivity contribution is 9.10. The second-order valence-electron chi connectivity index (χ2n) is 5.04. The fourth-order valence-electron chi connectivity index (χ4n) is 2.78. The van der Waals surface area contributed by atoms with Crippen molar-refractivity contribution in [2.45, 2.75) is 31.6 Å². The van der Waals surface area contributed by atoms with Crippen LogP contribution >= 0.6 is 27.5 Å². The van der Waals surface area contributed by atoms with E-state index in [1.54, 1.807) is 4.68 Å². The van der Waals surface area contributed by atoms with Crippen molar-refractivity contribution < 1.29 is 0 Å². The van der Waals surface area contributed by atoms with E-state index < -0.39 is 0 Å². The normalized spacial score (nSPS) is 15.4. The minimum Gasteiger partial charge on any atom is -0.220 e. The molecule has 5 heteroatoms. The first-order valence-electron chi connectivity index (χ1n) is 6.65. The van der Waals surface area contributed by atoms with Gasteiger partial charge in [0.25, 0.3) is 0 Å². The van der Waals surface area contributed by atoms with Gasteiger partial charge >= 0.3 is 0 Å². The first-order valence-corrected chi connectivity index (χ1v) is 7.82. The highest BCUT2D eigenvalue weighted by Crippen LogP contribution is 2.37. The molecule has 102 valence electrons. The van der Waals surface area contributed by atoms with Gasteiger partial charge in [0.05, 0.1) is 11.4 Å². The third-order valence-electron chi connectivity index (χ3n) is 3.76. The lowest BCUT2D eigenvalue weighted by Gasteiger charge is -2.05. The minimum absolute atomic E-state index is 0.371. The molecular formula is C15H13BrClN3. The zero-order valence-corrected chi connectivity index (χ0v) is 13.2. The van der Waals surface area contributed by atoms with Crippen molar-refractivity contribution in [1.82, 2.24) is 9.78 Å². The molecular weight excluding hydrogens is 338 g/mol. The Morgan fingerprint density at radius 2 is 2.10 bits per heavy atom. The Morgan fingerprint density at radius 1 is 1.35 bits per heavy atom. The molecule has 0 bridgehead atoms. The molecule has 0 N–H and O–H groups in total. The molecule has 1 fully saturated rings. The van der Waals surface area contributed by atoms with Crippen molar-refractivity contribution in [3.05, 3.63) is 45.1 Å². The van der Waals surface area contributed by atoms with E-state index in [0.717, 1.165) is 28.7 Å². The number of benzene rings is 1. The van der Waals surface area contributed by atoms with Gasteiger partial charge in [-0.15, -0.1) is 0 Å². The predicted octanol–water partition coefficient (Wildman–Crippen LogP) is 4.82. The standard InChI is InChI=1S/C15H13BrClN3/c16-11-6-3-7-12(8-11)20-15(17)13(9-18)14(19-20)10-4-1-2-5-10/h3,6-8,10H,1-2,4-5H2. The number of aromatic nitrogens is 2. The van der Waals surface area contributed by atoms with Crippen LogP contribution in [-0.2, 0) is 0 Å². The van der Waals surface area contributed by atoms with Crippen LogP contribution in [0.1, 0.15) is 42.9 Å². The van der Waals surface area contributed by atoms with Gasteiger partial charge in [-0.3, -0.25) is 0 Å². The van der Waals surface area contributed by atoms with E-state index in [1.807, 2.05) is 24.3 Å². The molecule has 20 heavy (non-hydrogen) atoms. The molecule has 1 saturated carbocycles. The summed E-state index contributed by atoms with van der Waals surface area (Å²) in [6.07, 6.45) is 4.61. The number of nitriles is 1. The van der Waals surface area contributed by atoms with Crippen LogP contribution < -0.4 is 0 Å². The molecule has 0 radical (unpaired) electrons. The fourth-order valence-corrected chi connectivity index (χ4v) is 3.44. The summed E-state index contributed by atoms with van der Waals surface area (Å²) in [5, 5.41) is 14.4. The molecule has 0 saturated heterocycles. The average molecular weight is 351 g/mol. The SMILES string of the molecule is N#Cc1c(C2CCCC2)nn(-c2cccc(Br)c2)c1Cl. The van der Waals surface area contributed by atoms with E-state index in [9.17, 15) is 5.26 Å². The number of hydrogen-bond donors (Lipinski definition) is 0. The summed E-state index contributed by atoms with van der Waals surface area (Å²) in [7, 11) is 0. The summed E-state index contributed by atoms with van der Waals surface area (Å²) in [5.41, 5.74) is 2.25. The third kappa shape index (κ3) is 2.36. The summed E-state index contributed by atoms with van der Waals surface area (Å²) in [5.74, 6) is 0.371. The van der Waals surface area contributed by atoms with Crippen LogP contribution in [0.25, 0.3) is 5.69 Å². The number of hydrogen-bond acceptors (Lipinski definition) is 2. The van der Waals surface area contributed by atoms with Crippen LogP contribution in [-0.4, -0.2) is 9.78 Å². The average Bonchev–Trinajstić information content (AvgIpc) is 3.05. The molecule has 1 aliphatic carbocycles. The Balaban J connectivity index is 2.11. The van der Waals surface area contributed by atoms with Crippen LogP contribution in [0.15, 0.2) is 28.7 Å². The van der Waals surface area contributed by atoms with E-state index >= 15 is 0 Å². The Kier molecular flexibility index (Phi) is 3.82. The van der Waals surface area contributed by atoms with Crippen molar-refractivity contribution in [3.8, 4) is 11.8 Å². The lowest BCUT2D eigenvalue weighted by molar-refractivity contribution is 0.677. The van der Waals surface area contributed by atoms with Crippen LogP contribution in [0.5, 0.6) is 0 Å². The smallest absolute Gasteiger partial charge is 0.150 e. The molecule has 2 aromatic rings. The maximum Gasteiger partial charge on any atom is 0.150 e. The number of nitrogens with zero attached hydrogens (tertiary/aromatic N) is 3. The van der Waals surface area contributed by atoms with E-state index in [0.29, 0.717) is 16.6 Å². The first kappa shape index (κ1) is 13.7. The highest BCUT2D eigenvalue weighted by atomic mass is 79.9. The molecule has 1 aromatic carbocycles. The maximum atomic E-state index is 9.38. The lowest BCUT2D eigenvalue weighted by atomic mass is 10.0. The van der Waals surface area contributed by atoms with Gasteiger partial charge in [-0.2, -0.15) is 10.4 Å². The molecule has 3 rings (SSSR count). The lowest BCUT2D eigenvalue weighted by Crippen LogP contribution is -1.99. The third-order valence-corrected chi connectivity index (χ3v) is 4.60. The summed E-state index contributed by atoms with van der Waals surface area (Å²) < 4.78 is 2.63. The molecule has 0 atom stereocenters. The van der Waals surface area contributed by atoms with E-state index in [1.165, 1.54) is 12.8 Å². The van der Waals surface area contributed by atoms with E-state index in [2.05, 4.69) is 27.1 Å². The van der Waals surface area contributed by atoms with Crippen molar-refractivity contribution in [2.75, 3.05) is 0 Å². The monoisotopic (exact) mass is 349 g/mol. The van der Waals surface area contributed by atoms with E-state index in [-0.39, 0.29) is 0 Å². The Labute approximate surface area is 131 Å². The molecule has 1 aromatic heterocycles. The number of rotatable bonds is 2. The Morgan fingerprint density at radius 3 is 2.75 bits per heavy atom. The van der Waals surface area contributed by atoms with Gasteiger partial charge in [0, 0.05) is 10.4 Å². The molecule has 1 aliphatic rings. The van der Waals surface area contributed by atoms with Gasteiger partial charge < -0.3 is 0 Å². The van der Waals surface area contributed by atoms with Gasteiger partial charge in [-0.05, 0) is 31.0 Å². The molecule has 1 heterocycles. The van der Waals surface area contributed by atoms with Crippen molar-refractivity contribution in [1.29, 1.82) is 5.26 Å². The second kappa shape index (κ2) is 5.59. The maximum absolute atomic E-state index is 9.38. The van der Waals surface area contributed by atoms with Gasteiger partial charge in [-0.1, -0.05) is 46.4 Å². The number of halogens is 2. The fraction of sp³-hybridized carbons (Fsp3) is 0.333. The van der Waals surface area contributed by atoms with Gasteiger partial charge in [0.15, 0.2) is 5.15 Å². The molecule has 0 unspecified atom stereocenters. The van der Waals surface area contributed by atoms with Crippen molar-refractivity contribution in [2.24, 2.45) is 0 Å². The predicted molar refractivity (Wildman–Crippen MR) is 82.2 cm³/mol. The van der Waals surface area contributed by atoms with Crippen LogP contribution in [0, 0.1) is 11.3 Å². The molecule has 0 amide bonds. The van der Waals surface area contributed by atoms with Crippen LogP contribution in [0.3, 0.4) is 0 Å². The minimum atomic E-state index is 0.371. The quantitative estimate of drug-likeness (QED) is 0.779. The summed E-state index contributed by atoms with van der Waals surface area (Å²) >= 11 is 9.80. The van der Waals surface area contributed by atoms with Crippen LogP contribution in [0.2, 0.25) is 5.15 Å². The zero-order chi connectivity index (χ0) is 14.1. The van der Waals surface area contributed by atoms with Crippen LogP contribution in [0.4, 0.5) is 0 Å². The van der Waals surface area contributed by atoms with Gasteiger partial charge in [-0.25, -0.2) is 4.68 Å². The molecule has 3 nitrogen and oxygen atoms in total.